The minimum Gasteiger partial charge on any atom is -0.348 e. The third kappa shape index (κ3) is 4.41. The van der Waals surface area contributed by atoms with E-state index in [1.54, 1.807) is 47.3 Å². The summed E-state index contributed by atoms with van der Waals surface area (Å²) in [6.45, 7) is 3.77. The molecule has 23 heavy (non-hydrogen) atoms. The maximum absolute atomic E-state index is 11.9. The van der Waals surface area contributed by atoms with E-state index >= 15 is 0 Å². The highest BCUT2D eigenvalue weighted by Gasteiger charge is 2.11. The summed E-state index contributed by atoms with van der Waals surface area (Å²) in [6, 6.07) is 10.4. The lowest BCUT2D eigenvalue weighted by molar-refractivity contribution is -0.115. The summed E-state index contributed by atoms with van der Waals surface area (Å²) in [7, 11) is 0. The number of carbonyl (C=O) groups excluding carboxylic acids is 2. The number of nitriles is 1. The van der Waals surface area contributed by atoms with E-state index in [4.69, 9.17) is 5.26 Å². The molecule has 1 aromatic heterocycles. The van der Waals surface area contributed by atoms with E-state index in [0.717, 1.165) is 5.69 Å². The summed E-state index contributed by atoms with van der Waals surface area (Å²) in [6.07, 6.45) is 1.51. The van der Waals surface area contributed by atoms with Crippen LogP contribution in [0.4, 0.5) is 5.69 Å². The summed E-state index contributed by atoms with van der Waals surface area (Å²) in [5.74, 6) is -0.578. The normalized spacial score (nSPS) is 10.2. The monoisotopic (exact) mass is 311 g/mol. The molecule has 0 aliphatic carbocycles. The summed E-state index contributed by atoms with van der Waals surface area (Å²) in [5, 5.41) is 18.1. The third-order valence-corrected chi connectivity index (χ3v) is 2.90. The molecule has 0 aliphatic rings. The summed E-state index contributed by atoms with van der Waals surface area (Å²) < 4.78 is 1.58. The summed E-state index contributed by atoms with van der Waals surface area (Å²) in [5.41, 5.74) is 1.69. The van der Waals surface area contributed by atoms with E-state index in [2.05, 4.69) is 15.7 Å². The van der Waals surface area contributed by atoms with E-state index in [0.29, 0.717) is 11.4 Å². The molecule has 0 fully saturated rings. The largest absolute Gasteiger partial charge is 0.348 e. The lowest BCUT2D eigenvalue weighted by atomic mass is 10.2. The number of benzene rings is 1. The molecule has 2 rings (SSSR count). The van der Waals surface area contributed by atoms with Crippen molar-refractivity contribution in [2.75, 3.05) is 5.32 Å². The molecule has 0 spiro atoms. The first-order chi connectivity index (χ1) is 11.0. The highest BCUT2D eigenvalue weighted by Crippen LogP contribution is 2.13. The van der Waals surface area contributed by atoms with Crippen LogP contribution in [0.25, 0.3) is 5.69 Å². The Hall–Kier alpha value is -3.14. The second kappa shape index (κ2) is 7.22. The molecule has 0 atom stereocenters. The van der Waals surface area contributed by atoms with Crippen molar-refractivity contribution >= 4 is 17.5 Å². The van der Waals surface area contributed by atoms with Crippen molar-refractivity contribution in [1.82, 2.24) is 15.1 Å². The van der Waals surface area contributed by atoms with E-state index in [9.17, 15) is 9.59 Å². The molecule has 0 bridgehead atoms. The highest BCUT2D eigenvalue weighted by atomic mass is 16.2. The molecule has 2 amide bonds. The van der Waals surface area contributed by atoms with Gasteiger partial charge in [-0.25, -0.2) is 4.68 Å². The van der Waals surface area contributed by atoms with Gasteiger partial charge in [0.1, 0.15) is 6.42 Å². The molecular formula is C16H17N5O2. The molecule has 0 saturated heterocycles. The maximum Gasteiger partial charge on any atom is 0.271 e. The number of hydrogen-bond donors (Lipinski definition) is 2. The van der Waals surface area contributed by atoms with Gasteiger partial charge in [-0.15, -0.1) is 0 Å². The Balaban J connectivity index is 2.08. The van der Waals surface area contributed by atoms with Gasteiger partial charge < -0.3 is 10.6 Å². The topological polar surface area (TPSA) is 99.8 Å². The van der Waals surface area contributed by atoms with Crippen molar-refractivity contribution in [2.24, 2.45) is 0 Å². The minimum atomic E-state index is -0.355. The Kier molecular flexibility index (Phi) is 5.10. The van der Waals surface area contributed by atoms with Gasteiger partial charge in [-0.1, -0.05) is 0 Å². The van der Waals surface area contributed by atoms with Gasteiger partial charge in [-0.2, -0.15) is 10.4 Å². The Morgan fingerprint density at radius 2 is 1.96 bits per heavy atom. The number of carbonyl (C=O) groups is 2. The number of rotatable bonds is 5. The number of anilines is 1. The van der Waals surface area contributed by atoms with Crippen molar-refractivity contribution in [2.45, 2.75) is 26.3 Å². The van der Waals surface area contributed by atoms with Gasteiger partial charge in [0.25, 0.3) is 5.91 Å². The zero-order valence-electron chi connectivity index (χ0n) is 12.9. The van der Waals surface area contributed by atoms with Crippen LogP contribution in [0.3, 0.4) is 0 Å². The Bertz CT molecular complexity index is 741. The predicted molar refractivity (Wildman–Crippen MR) is 85.0 cm³/mol. The van der Waals surface area contributed by atoms with Gasteiger partial charge in [0.2, 0.25) is 5.91 Å². The molecule has 0 unspecified atom stereocenters. The van der Waals surface area contributed by atoms with Gasteiger partial charge in [0, 0.05) is 17.9 Å². The van der Waals surface area contributed by atoms with Gasteiger partial charge in [0.05, 0.1) is 11.8 Å². The van der Waals surface area contributed by atoms with Crippen LogP contribution in [0, 0.1) is 11.3 Å². The molecule has 7 heteroatoms. The number of nitrogens with zero attached hydrogens (tertiary/aromatic N) is 3. The average Bonchev–Trinajstić information content (AvgIpc) is 2.97. The van der Waals surface area contributed by atoms with E-state index in [-0.39, 0.29) is 24.3 Å². The van der Waals surface area contributed by atoms with E-state index < -0.39 is 0 Å². The third-order valence-electron chi connectivity index (χ3n) is 2.90. The molecule has 1 aromatic carbocycles. The van der Waals surface area contributed by atoms with Gasteiger partial charge in [-0.05, 0) is 44.2 Å². The maximum atomic E-state index is 11.9. The molecule has 2 aromatic rings. The number of aromatic nitrogens is 2. The van der Waals surface area contributed by atoms with Crippen LogP contribution in [0.5, 0.6) is 0 Å². The minimum absolute atomic E-state index is 0.0453. The fourth-order valence-electron chi connectivity index (χ4n) is 1.90. The first-order valence-corrected chi connectivity index (χ1v) is 7.13. The second-order valence-electron chi connectivity index (χ2n) is 5.20. The van der Waals surface area contributed by atoms with Crippen LogP contribution in [0.1, 0.15) is 30.8 Å². The zero-order chi connectivity index (χ0) is 16.8. The molecule has 1 heterocycles. The first-order valence-electron chi connectivity index (χ1n) is 7.13. The highest BCUT2D eigenvalue weighted by molar-refractivity contribution is 5.92. The summed E-state index contributed by atoms with van der Waals surface area (Å²) >= 11 is 0. The smallest absolute Gasteiger partial charge is 0.271 e. The van der Waals surface area contributed by atoms with Crippen molar-refractivity contribution in [3.63, 3.8) is 0 Å². The molecule has 2 N–H and O–H groups in total. The molecule has 0 aliphatic heterocycles. The first kappa shape index (κ1) is 16.2. The molecule has 0 radical (unpaired) electrons. The Morgan fingerprint density at radius 3 is 2.57 bits per heavy atom. The molecular weight excluding hydrogens is 294 g/mol. The van der Waals surface area contributed by atoms with Crippen LogP contribution in [0.15, 0.2) is 36.5 Å². The van der Waals surface area contributed by atoms with E-state index in [1.165, 1.54) is 0 Å². The lowest BCUT2D eigenvalue weighted by Gasteiger charge is -2.06. The van der Waals surface area contributed by atoms with Crippen molar-refractivity contribution in [3.8, 4) is 11.8 Å². The number of nitrogens with one attached hydrogen (secondary N) is 2. The second-order valence-corrected chi connectivity index (χ2v) is 5.20. The van der Waals surface area contributed by atoms with Gasteiger partial charge in [0.15, 0.2) is 5.69 Å². The SMILES string of the molecule is CC(C)NC(=O)c1ccn(-c2ccc(NC(=O)CC#N)cc2)n1. The zero-order valence-corrected chi connectivity index (χ0v) is 12.9. The van der Waals surface area contributed by atoms with Gasteiger partial charge >= 0.3 is 0 Å². The fourth-order valence-corrected chi connectivity index (χ4v) is 1.90. The van der Waals surface area contributed by atoms with E-state index in [1.807, 2.05) is 13.8 Å². The average molecular weight is 311 g/mol. The van der Waals surface area contributed by atoms with Crippen LogP contribution in [-0.4, -0.2) is 27.6 Å². The Morgan fingerprint density at radius 1 is 1.26 bits per heavy atom. The standard InChI is InChI=1S/C16H17N5O2/c1-11(2)18-16(23)14-8-10-21(20-14)13-5-3-12(4-6-13)19-15(22)7-9-17/h3-6,8,10-11H,7H2,1-2H3,(H,18,23)(H,19,22). The Labute approximate surface area is 133 Å². The lowest BCUT2D eigenvalue weighted by Crippen LogP contribution is -2.30. The quantitative estimate of drug-likeness (QED) is 0.880. The van der Waals surface area contributed by atoms with Crippen molar-refractivity contribution in [3.05, 3.63) is 42.2 Å². The van der Waals surface area contributed by atoms with Crippen molar-refractivity contribution < 1.29 is 9.59 Å². The fraction of sp³-hybridized carbons (Fsp3) is 0.250. The van der Waals surface area contributed by atoms with Crippen LogP contribution in [0.2, 0.25) is 0 Å². The van der Waals surface area contributed by atoms with Crippen LogP contribution < -0.4 is 10.6 Å². The molecule has 118 valence electrons. The number of hydrogen-bond acceptors (Lipinski definition) is 4. The van der Waals surface area contributed by atoms with Gasteiger partial charge in [-0.3, -0.25) is 9.59 Å². The molecule has 0 saturated carbocycles. The summed E-state index contributed by atoms with van der Waals surface area (Å²) in [4.78, 5) is 23.2. The molecule has 7 nitrogen and oxygen atoms in total. The van der Waals surface area contributed by atoms with Crippen LogP contribution in [-0.2, 0) is 4.79 Å². The van der Waals surface area contributed by atoms with Crippen LogP contribution >= 0.6 is 0 Å². The predicted octanol–water partition coefficient (Wildman–Crippen LogP) is 1.86. The number of amides is 2. The van der Waals surface area contributed by atoms with Crippen molar-refractivity contribution in [1.29, 1.82) is 5.26 Å².